The van der Waals surface area contributed by atoms with E-state index in [1.54, 1.807) is 0 Å². The van der Waals surface area contributed by atoms with Crippen molar-refractivity contribution in [3.8, 4) is 6.07 Å². The lowest BCUT2D eigenvalue weighted by Gasteiger charge is -2.31. The number of aryl methyl sites for hydroxylation is 1. The Morgan fingerprint density at radius 3 is 2.17 bits per heavy atom. The largest absolute Gasteiger partial charge is 0.198 e. The molecule has 1 aliphatic rings. The maximum atomic E-state index is 9.67. The molecule has 1 aromatic rings. The summed E-state index contributed by atoms with van der Waals surface area (Å²) in [5.74, 6) is 1.75. The molecule has 1 aliphatic carbocycles. The van der Waals surface area contributed by atoms with Gasteiger partial charge in [-0.2, -0.15) is 5.26 Å². The fraction of sp³-hybridized carbons (Fsp3) is 0.696. The zero-order valence-electron chi connectivity index (χ0n) is 15.8. The monoisotopic (exact) mass is 325 g/mol. The lowest BCUT2D eigenvalue weighted by Crippen LogP contribution is -2.22. The van der Waals surface area contributed by atoms with E-state index in [4.69, 9.17) is 0 Å². The molecule has 1 fully saturated rings. The van der Waals surface area contributed by atoms with Crippen LogP contribution < -0.4 is 0 Å². The smallest absolute Gasteiger partial charge is 0.0662 e. The number of rotatable bonds is 9. The second-order valence-electron chi connectivity index (χ2n) is 7.78. The lowest BCUT2D eigenvalue weighted by molar-refractivity contribution is 0.221. The average molecular weight is 326 g/mol. The van der Waals surface area contributed by atoms with Gasteiger partial charge in [-0.3, -0.25) is 0 Å². The van der Waals surface area contributed by atoms with Gasteiger partial charge >= 0.3 is 0 Å². The fourth-order valence-electron chi connectivity index (χ4n) is 4.17. The number of unbranched alkanes of at least 4 members (excludes halogenated alkanes) is 2. The highest BCUT2D eigenvalue weighted by atomic mass is 14.4. The topological polar surface area (TPSA) is 23.8 Å². The summed E-state index contributed by atoms with van der Waals surface area (Å²) in [5.41, 5.74) is 2.78. The van der Waals surface area contributed by atoms with E-state index in [9.17, 15) is 5.26 Å². The summed E-state index contributed by atoms with van der Waals surface area (Å²) in [6.07, 6.45) is 14.0. The van der Waals surface area contributed by atoms with Gasteiger partial charge in [0.2, 0.25) is 0 Å². The maximum Gasteiger partial charge on any atom is 0.0662 e. The molecule has 1 atom stereocenters. The molecule has 2 rings (SSSR count). The first-order valence-electron chi connectivity index (χ1n) is 10.2. The zero-order valence-corrected chi connectivity index (χ0v) is 15.8. The Hall–Kier alpha value is -1.29. The van der Waals surface area contributed by atoms with E-state index in [1.807, 2.05) is 0 Å². The Bertz CT molecular complexity index is 488. The van der Waals surface area contributed by atoms with E-state index in [-0.39, 0.29) is 5.92 Å². The van der Waals surface area contributed by atoms with E-state index in [2.05, 4.69) is 44.2 Å². The summed E-state index contributed by atoms with van der Waals surface area (Å²) >= 11 is 0. The maximum absolute atomic E-state index is 9.67. The van der Waals surface area contributed by atoms with Crippen molar-refractivity contribution in [2.24, 2.45) is 17.8 Å². The van der Waals surface area contributed by atoms with Gasteiger partial charge in [-0.05, 0) is 55.1 Å². The minimum atomic E-state index is 0.207. The second-order valence-corrected chi connectivity index (χ2v) is 7.78. The molecule has 24 heavy (non-hydrogen) atoms. The van der Waals surface area contributed by atoms with Gasteiger partial charge in [0.1, 0.15) is 0 Å². The fourth-order valence-corrected chi connectivity index (χ4v) is 4.17. The third-order valence-corrected chi connectivity index (χ3v) is 5.89. The Morgan fingerprint density at radius 1 is 0.958 bits per heavy atom. The molecule has 0 heterocycles. The van der Waals surface area contributed by atoms with Crippen LogP contribution in [0.3, 0.4) is 0 Å². The summed E-state index contributed by atoms with van der Waals surface area (Å²) in [6, 6.07) is 11.7. The molecule has 0 saturated heterocycles. The molecule has 1 aromatic carbocycles. The molecule has 0 aromatic heterocycles. The third-order valence-electron chi connectivity index (χ3n) is 5.89. The average Bonchev–Trinajstić information content (AvgIpc) is 2.64. The molecular formula is C23H35N. The van der Waals surface area contributed by atoms with Crippen molar-refractivity contribution in [2.75, 3.05) is 0 Å². The van der Waals surface area contributed by atoms with E-state index in [0.717, 1.165) is 12.3 Å². The van der Waals surface area contributed by atoms with Gasteiger partial charge in [0.25, 0.3) is 0 Å². The van der Waals surface area contributed by atoms with Gasteiger partial charge in [0.15, 0.2) is 0 Å². The van der Waals surface area contributed by atoms with Gasteiger partial charge < -0.3 is 0 Å². The van der Waals surface area contributed by atoms with Crippen molar-refractivity contribution in [1.82, 2.24) is 0 Å². The first-order chi connectivity index (χ1) is 11.8. The van der Waals surface area contributed by atoms with E-state index in [0.29, 0.717) is 5.92 Å². The van der Waals surface area contributed by atoms with E-state index < -0.39 is 0 Å². The Morgan fingerprint density at radius 2 is 1.58 bits per heavy atom. The first kappa shape index (κ1) is 19.0. The Kier molecular flexibility index (Phi) is 8.37. The molecule has 1 unspecified atom stereocenters. The quantitative estimate of drug-likeness (QED) is 0.495. The molecule has 1 nitrogen and oxygen atoms in total. The number of hydrogen-bond acceptors (Lipinski definition) is 1. The summed E-state index contributed by atoms with van der Waals surface area (Å²) in [7, 11) is 0. The van der Waals surface area contributed by atoms with Crippen LogP contribution in [-0.4, -0.2) is 0 Å². The van der Waals surface area contributed by atoms with Crippen LogP contribution in [0.2, 0.25) is 0 Å². The highest BCUT2D eigenvalue weighted by Crippen LogP contribution is 2.36. The first-order valence-corrected chi connectivity index (χ1v) is 10.2. The molecule has 132 valence electrons. The second kappa shape index (κ2) is 10.5. The summed E-state index contributed by atoms with van der Waals surface area (Å²) < 4.78 is 0. The number of nitrogens with zero attached hydrogens (tertiary/aromatic N) is 1. The molecule has 1 saturated carbocycles. The number of hydrogen-bond donors (Lipinski definition) is 0. The SMILES string of the molecule is CCCCc1ccc(CC(C#N)C2CCC(CCCC)CC2)cc1. The van der Waals surface area contributed by atoms with Crippen LogP contribution in [0.25, 0.3) is 0 Å². The molecule has 0 radical (unpaired) electrons. The van der Waals surface area contributed by atoms with Crippen molar-refractivity contribution >= 4 is 0 Å². The van der Waals surface area contributed by atoms with Gasteiger partial charge in [-0.1, -0.05) is 76.6 Å². The van der Waals surface area contributed by atoms with Gasteiger partial charge in [-0.15, -0.1) is 0 Å². The van der Waals surface area contributed by atoms with Crippen molar-refractivity contribution < 1.29 is 0 Å². The van der Waals surface area contributed by atoms with Gasteiger partial charge in [0.05, 0.1) is 12.0 Å². The molecule has 0 spiro atoms. The third kappa shape index (κ3) is 5.97. The normalized spacial score (nSPS) is 22.0. The van der Waals surface area contributed by atoms with Crippen LogP contribution >= 0.6 is 0 Å². The van der Waals surface area contributed by atoms with Gasteiger partial charge in [-0.25, -0.2) is 0 Å². The van der Waals surface area contributed by atoms with Crippen molar-refractivity contribution in [1.29, 1.82) is 5.26 Å². The molecule has 1 heteroatoms. The van der Waals surface area contributed by atoms with Crippen LogP contribution in [0.15, 0.2) is 24.3 Å². The predicted molar refractivity (Wildman–Crippen MR) is 103 cm³/mol. The van der Waals surface area contributed by atoms with E-state index >= 15 is 0 Å². The highest BCUT2D eigenvalue weighted by molar-refractivity contribution is 5.24. The van der Waals surface area contributed by atoms with Crippen LogP contribution in [0.4, 0.5) is 0 Å². The highest BCUT2D eigenvalue weighted by Gasteiger charge is 2.27. The van der Waals surface area contributed by atoms with Gasteiger partial charge in [0, 0.05) is 0 Å². The van der Waals surface area contributed by atoms with Crippen molar-refractivity contribution in [3.05, 3.63) is 35.4 Å². The van der Waals surface area contributed by atoms with Crippen molar-refractivity contribution in [3.63, 3.8) is 0 Å². The minimum Gasteiger partial charge on any atom is -0.198 e. The predicted octanol–water partition coefficient (Wildman–Crippen LogP) is 6.71. The molecule has 0 amide bonds. The standard InChI is InChI=1S/C23H35N/c1-3-5-7-19-9-11-21(12-10-19)17-23(18-24)22-15-13-20(14-16-22)8-6-4-2/h9-12,20,22-23H,3-8,13-17H2,1-2H3. The number of benzene rings is 1. The van der Waals surface area contributed by atoms with Crippen LogP contribution in [0, 0.1) is 29.1 Å². The summed E-state index contributed by atoms with van der Waals surface area (Å²) in [4.78, 5) is 0. The lowest BCUT2D eigenvalue weighted by atomic mass is 9.73. The zero-order chi connectivity index (χ0) is 17.2. The van der Waals surface area contributed by atoms with Crippen LogP contribution in [-0.2, 0) is 12.8 Å². The van der Waals surface area contributed by atoms with Crippen LogP contribution in [0.5, 0.6) is 0 Å². The molecule has 0 aliphatic heterocycles. The molecule has 0 N–H and O–H groups in total. The molecule has 0 bridgehead atoms. The van der Waals surface area contributed by atoms with E-state index in [1.165, 1.54) is 75.3 Å². The summed E-state index contributed by atoms with van der Waals surface area (Å²) in [5, 5.41) is 9.67. The number of nitriles is 1. The van der Waals surface area contributed by atoms with Crippen molar-refractivity contribution in [2.45, 2.75) is 84.5 Å². The Balaban J connectivity index is 1.83. The Labute approximate surface area is 149 Å². The summed E-state index contributed by atoms with van der Waals surface area (Å²) in [6.45, 7) is 4.52. The molecular weight excluding hydrogens is 290 g/mol. The van der Waals surface area contributed by atoms with Crippen LogP contribution in [0.1, 0.15) is 82.8 Å². The minimum absolute atomic E-state index is 0.207.